The van der Waals surface area contributed by atoms with Crippen LogP contribution in [0.4, 0.5) is 0 Å². The van der Waals surface area contributed by atoms with Gasteiger partial charge in [-0.2, -0.15) is 0 Å². The Morgan fingerprint density at radius 3 is 2.50 bits per heavy atom. The summed E-state index contributed by atoms with van der Waals surface area (Å²) >= 11 is 0. The van der Waals surface area contributed by atoms with Gasteiger partial charge in [-0.3, -0.25) is 9.39 Å². The Labute approximate surface area is 183 Å². The third-order valence-electron chi connectivity index (χ3n) is 4.47. The molecule has 150 valence electrons. The maximum absolute atomic E-state index is 4.30. The molecule has 0 aliphatic rings. The van der Waals surface area contributed by atoms with Crippen molar-refractivity contribution >= 4 is 35.6 Å². The minimum Gasteiger partial charge on any atom is -0.356 e. The second kappa shape index (κ2) is 11.0. The van der Waals surface area contributed by atoms with E-state index in [1.54, 1.807) is 7.05 Å². The van der Waals surface area contributed by atoms with Crippen molar-refractivity contribution in [3.05, 3.63) is 65.1 Å². The monoisotopic (exact) mass is 492 g/mol. The molecule has 0 radical (unpaired) electrons. The summed E-state index contributed by atoms with van der Waals surface area (Å²) < 4.78 is 2.04. The Balaban J connectivity index is 0.00000280. The lowest BCUT2D eigenvalue weighted by Crippen LogP contribution is -2.38. The van der Waals surface area contributed by atoms with Crippen LogP contribution < -0.4 is 10.6 Å². The average Bonchev–Trinajstić information content (AvgIpc) is 3.06. The van der Waals surface area contributed by atoms with Crippen molar-refractivity contribution in [3.8, 4) is 0 Å². The maximum Gasteiger partial charge on any atom is 0.190 e. The van der Waals surface area contributed by atoms with Gasteiger partial charge in [0, 0.05) is 32.8 Å². The van der Waals surface area contributed by atoms with E-state index in [1.165, 1.54) is 16.7 Å². The number of pyridine rings is 1. The van der Waals surface area contributed by atoms with Gasteiger partial charge in [0.25, 0.3) is 0 Å². The predicted molar refractivity (Wildman–Crippen MR) is 126 cm³/mol. The van der Waals surface area contributed by atoms with Crippen LogP contribution in [0.5, 0.6) is 0 Å². The molecule has 0 unspecified atom stereocenters. The molecule has 0 fully saturated rings. The van der Waals surface area contributed by atoms with Crippen molar-refractivity contribution in [2.75, 3.05) is 20.1 Å². The van der Waals surface area contributed by atoms with Gasteiger partial charge in [-0.15, -0.1) is 34.2 Å². The second-order valence-corrected chi connectivity index (χ2v) is 6.82. The fraction of sp³-hybridized carbons (Fsp3) is 0.381. The van der Waals surface area contributed by atoms with Gasteiger partial charge in [-0.25, -0.2) is 0 Å². The van der Waals surface area contributed by atoms with Gasteiger partial charge in [-0.05, 0) is 44.4 Å². The van der Waals surface area contributed by atoms with Crippen LogP contribution in [-0.2, 0) is 12.8 Å². The van der Waals surface area contributed by atoms with Crippen LogP contribution >= 0.6 is 24.0 Å². The van der Waals surface area contributed by atoms with Crippen molar-refractivity contribution in [1.82, 2.24) is 25.2 Å². The number of hydrogen-bond acceptors (Lipinski definition) is 3. The van der Waals surface area contributed by atoms with E-state index in [1.807, 2.05) is 28.8 Å². The molecule has 0 spiro atoms. The molecule has 0 saturated heterocycles. The molecular formula is C21H29IN6. The Bertz CT molecular complexity index is 898. The second-order valence-electron chi connectivity index (χ2n) is 6.82. The lowest BCUT2D eigenvalue weighted by Gasteiger charge is -2.12. The number of aliphatic imine (C=N–C) groups is 1. The minimum atomic E-state index is 0. The summed E-state index contributed by atoms with van der Waals surface area (Å²) in [6, 6.07) is 12.6. The first-order chi connectivity index (χ1) is 13.2. The standard InChI is InChI=1S/C21H28N6.HI/c1-16-13-17(2)15-18(14-16)9-11-24-21(22-3)23-10-6-8-20-26-25-19-7-4-5-12-27(19)20;/h4-5,7,12-15H,6,8-11H2,1-3H3,(H2,22,23,24);1H. The Morgan fingerprint density at radius 2 is 1.75 bits per heavy atom. The molecule has 2 heterocycles. The van der Waals surface area contributed by atoms with Gasteiger partial charge in [0.05, 0.1) is 0 Å². The molecule has 1 aromatic carbocycles. The van der Waals surface area contributed by atoms with E-state index in [0.29, 0.717) is 0 Å². The smallest absolute Gasteiger partial charge is 0.190 e. The molecule has 2 aromatic heterocycles. The molecule has 28 heavy (non-hydrogen) atoms. The molecule has 7 heteroatoms. The molecule has 0 aliphatic heterocycles. The van der Waals surface area contributed by atoms with Crippen molar-refractivity contribution in [2.45, 2.75) is 33.1 Å². The van der Waals surface area contributed by atoms with E-state index in [4.69, 9.17) is 0 Å². The summed E-state index contributed by atoms with van der Waals surface area (Å²) in [5, 5.41) is 15.2. The summed E-state index contributed by atoms with van der Waals surface area (Å²) in [7, 11) is 1.80. The summed E-state index contributed by atoms with van der Waals surface area (Å²) in [5.41, 5.74) is 4.88. The maximum atomic E-state index is 4.30. The molecule has 0 atom stereocenters. The molecule has 0 bridgehead atoms. The number of rotatable bonds is 7. The largest absolute Gasteiger partial charge is 0.356 e. The highest BCUT2D eigenvalue weighted by Gasteiger charge is 2.04. The molecule has 0 saturated carbocycles. The quantitative estimate of drug-likeness (QED) is 0.230. The van der Waals surface area contributed by atoms with Gasteiger partial charge < -0.3 is 10.6 Å². The zero-order chi connectivity index (χ0) is 19.1. The molecule has 3 rings (SSSR count). The first-order valence-corrected chi connectivity index (χ1v) is 9.46. The Morgan fingerprint density at radius 1 is 1.00 bits per heavy atom. The fourth-order valence-corrected chi connectivity index (χ4v) is 3.27. The van der Waals surface area contributed by atoms with Crippen LogP contribution in [0.3, 0.4) is 0 Å². The average molecular weight is 492 g/mol. The predicted octanol–water partition coefficient (Wildman–Crippen LogP) is 3.30. The first-order valence-electron chi connectivity index (χ1n) is 9.46. The van der Waals surface area contributed by atoms with Crippen molar-refractivity contribution in [3.63, 3.8) is 0 Å². The Hall–Kier alpha value is -2.16. The summed E-state index contributed by atoms with van der Waals surface area (Å²) in [6.45, 7) is 5.98. The normalized spacial score (nSPS) is 11.3. The SMILES string of the molecule is CN=C(NCCCc1nnc2ccccn12)NCCc1cc(C)cc(C)c1.I. The minimum absolute atomic E-state index is 0. The zero-order valence-electron chi connectivity index (χ0n) is 16.8. The lowest BCUT2D eigenvalue weighted by molar-refractivity contribution is 0.712. The van der Waals surface area contributed by atoms with E-state index in [9.17, 15) is 0 Å². The van der Waals surface area contributed by atoms with Crippen LogP contribution in [0.15, 0.2) is 47.6 Å². The van der Waals surface area contributed by atoms with Crippen LogP contribution in [0.1, 0.15) is 28.9 Å². The topological polar surface area (TPSA) is 66.6 Å². The number of fused-ring (bicyclic) bond motifs is 1. The highest BCUT2D eigenvalue weighted by Crippen LogP contribution is 2.09. The third kappa shape index (κ3) is 6.19. The van der Waals surface area contributed by atoms with Crippen molar-refractivity contribution < 1.29 is 0 Å². The molecular weight excluding hydrogens is 463 g/mol. The van der Waals surface area contributed by atoms with Gasteiger partial charge in [0.15, 0.2) is 11.6 Å². The number of nitrogens with zero attached hydrogens (tertiary/aromatic N) is 4. The fourth-order valence-electron chi connectivity index (χ4n) is 3.27. The molecule has 0 amide bonds. The Kier molecular flexibility index (Phi) is 8.69. The highest BCUT2D eigenvalue weighted by atomic mass is 127. The van der Waals surface area contributed by atoms with Crippen molar-refractivity contribution in [2.24, 2.45) is 4.99 Å². The van der Waals surface area contributed by atoms with Crippen LogP contribution in [0.25, 0.3) is 5.65 Å². The van der Waals surface area contributed by atoms with Gasteiger partial charge in [-0.1, -0.05) is 35.4 Å². The van der Waals surface area contributed by atoms with E-state index in [0.717, 1.165) is 49.8 Å². The summed E-state index contributed by atoms with van der Waals surface area (Å²) in [6.07, 6.45) is 4.83. The molecule has 2 N–H and O–H groups in total. The molecule has 6 nitrogen and oxygen atoms in total. The lowest BCUT2D eigenvalue weighted by atomic mass is 10.1. The van der Waals surface area contributed by atoms with Gasteiger partial charge in [0.1, 0.15) is 5.82 Å². The van der Waals surface area contributed by atoms with E-state index >= 15 is 0 Å². The van der Waals surface area contributed by atoms with Gasteiger partial charge in [0.2, 0.25) is 0 Å². The van der Waals surface area contributed by atoms with Crippen LogP contribution in [0, 0.1) is 13.8 Å². The highest BCUT2D eigenvalue weighted by molar-refractivity contribution is 14.0. The third-order valence-corrected chi connectivity index (χ3v) is 4.47. The summed E-state index contributed by atoms with van der Waals surface area (Å²) in [4.78, 5) is 4.30. The number of halogens is 1. The van der Waals surface area contributed by atoms with E-state index < -0.39 is 0 Å². The van der Waals surface area contributed by atoms with Crippen LogP contribution in [-0.4, -0.2) is 40.7 Å². The number of aryl methyl sites for hydroxylation is 3. The number of aromatic nitrogens is 3. The number of nitrogens with one attached hydrogen (secondary N) is 2. The summed E-state index contributed by atoms with van der Waals surface area (Å²) in [5.74, 6) is 1.83. The van der Waals surface area contributed by atoms with Crippen molar-refractivity contribution in [1.29, 1.82) is 0 Å². The first kappa shape index (κ1) is 22.1. The van der Waals surface area contributed by atoms with E-state index in [-0.39, 0.29) is 24.0 Å². The van der Waals surface area contributed by atoms with E-state index in [2.05, 4.69) is 57.9 Å². The number of hydrogen-bond donors (Lipinski definition) is 2. The molecule has 3 aromatic rings. The molecule has 0 aliphatic carbocycles. The van der Waals surface area contributed by atoms with Gasteiger partial charge >= 0.3 is 0 Å². The zero-order valence-corrected chi connectivity index (χ0v) is 19.1. The van der Waals surface area contributed by atoms with Crippen LogP contribution in [0.2, 0.25) is 0 Å². The number of guanidine groups is 1. The number of benzene rings is 1.